The Balaban J connectivity index is 1.70. The molecule has 0 radical (unpaired) electrons. The van der Waals surface area contributed by atoms with Crippen molar-refractivity contribution < 1.29 is 14.3 Å². The molecule has 3 aromatic carbocycles. The van der Waals surface area contributed by atoms with Gasteiger partial charge in [0.1, 0.15) is 5.75 Å². The molecule has 1 aliphatic carbocycles. The number of aryl methyl sites for hydroxylation is 1. The van der Waals surface area contributed by atoms with Crippen LogP contribution < -0.4 is 15.0 Å². The van der Waals surface area contributed by atoms with Crippen LogP contribution in [0.25, 0.3) is 0 Å². The molecule has 1 N–H and O–H groups in total. The van der Waals surface area contributed by atoms with E-state index in [9.17, 15) is 9.59 Å². The molecule has 0 fully saturated rings. The van der Waals surface area contributed by atoms with Gasteiger partial charge in [0.15, 0.2) is 5.78 Å². The van der Waals surface area contributed by atoms with E-state index in [1.807, 2.05) is 67.3 Å². The van der Waals surface area contributed by atoms with Crippen LogP contribution in [0.3, 0.4) is 0 Å². The summed E-state index contributed by atoms with van der Waals surface area (Å²) in [7, 11) is 1.63. The van der Waals surface area contributed by atoms with E-state index in [0.29, 0.717) is 30.6 Å². The summed E-state index contributed by atoms with van der Waals surface area (Å²) in [5.41, 5.74) is 6.42. The molecule has 0 bridgehead atoms. The average Bonchev–Trinajstić information content (AvgIpc) is 3.03. The van der Waals surface area contributed by atoms with Crippen molar-refractivity contribution in [3.8, 4) is 5.75 Å². The van der Waals surface area contributed by atoms with Crippen molar-refractivity contribution >= 4 is 23.1 Å². The molecule has 5 rings (SSSR count). The number of carbonyl (C=O) groups excluding carboxylic acids is 2. The molecule has 5 heteroatoms. The van der Waals surface area contributed by atoms with Gasteiger partial charge in [-0.15, -0.1) is 0 Å². The third-order valence-corrected chi connectivity index (χ3v) is 7.30. The molecule has 37 heavy (non-hydrogen) atoms. The zero-order valence-corrected chi connectivity index (χ0v) is 22.0. The minimum absolute atomic E-state index is 0.000669. The standard InChI is InChI=1S/C32H34N2O3/c1-20(2)16-30(36)34-28-11-6-5-10-26(28)33-27-18-24(22-14-12-21(3)13-15-22)19-29(35)31(27)32(34)23-8-7-9-25(17-23)37-4/h5-15,17,20,24,32-33H,16,18-19H2,1-4H3/t24-,32-/m1/s1. The van der Waals surface area contributed by atoms with Crippen LogP contribution in [0, 0.1) is 12.8 Å². The van der Waals surface area contributed by atoms with Gasteiger partial charge in [0.2, 0.25) is 5.91 Å². The molecule has 2 aliphatic rings. The van der Waals surface area contributed by atoms with Crippen molar-refractivity contribution in [1.29, 1.82) is 0 Å². The highest BCUT2D eigenvalue weighted by molar-refractivity contribution is 6.06. The summed E-state index contributed by atoms with van der Waals surface area (Å²) in [6, 6.07) is 23.5. The summed E-state index contributed by atoms with van der Waals surface area (Å²) < 4.78 is 5.53. The summed E-state index contributed by atoms with van der Waals surface area (Å²) in [4.78, 5) is 29.8. The molecule has 3 aromatic rings. The molecule has 2 atom stereocenters. The van der Waals surface area contributed by atoms with Gasteiger partial charge in [-0.2, -0.15) is 0 Å². The number of hydrogen-bond acceptors (Lipinski definition) is 4. The fraction of sp³-hybridized carbons (Fsp3) is 0.312. The number of fused-ring (bicyclic) bond motifs is 1. The average molecular weight is 495 g/mol. The van der Waals surface area contributed by atoms with E-state index < -0.39 is 6.04 Å². The van der Waals surface area contributed by atoms with Gasteiger partial charge in [0.25, 0.3) is 0 Å². The number of ketones is 1. The van der Waals surface area contributed by atoms with Gasteiger partial charge in [0, 0.05) is 24.1 Å². The highest BCUT2D eigenvalue weighted by Gasteiger charge is 2.41. The molecule has 0 unspecified atom stereocenters. The molecular weight excluding hydrogens is 460 g/mol. The number of benzene rings is 3. The second kappa shape index (κ2) is 10.3. The summed E-state index contributed by atoms with van der Waals surface area (Å²) >= 11 is 0. The number of ether oxygens (including phenoxy) is 1. The highest BCUT2D eigenvalue weighted by Crippen LogP contribution is 2.48. The Labute approximate surface area is 219 Å². The lowest BCUT2D eigenvalue weighted by atomic mass is 9.78. The minimum atomic E-state index is -0.543. The van der Waals surface area contributed by atoms with E-state index in [-0.39, 0.29) is 23.5 Å². The van der Waals surface area contributed by atoms with Crippen LogP contribution in [0.1, 0.15) is 61.8 Å². The van der Waals surface area contributed by atoms with Crippen molar-refractivity contribution in [1.82, 2.24) is 0 Å². The summed E-state index contributed by atoms with van der Waals surface area (Å²) in [5.74, 6) is 1.03. The second-order valence-corrected chi connectivity index (χ2v) is 10.5. The topological polar surface area (TPSA) is 58.6 Å². The summed E-state index contributed by atoms with van der Waals surface area (Å²) in [6.07, 6.45) is 1.50. The number of carbonyl (C=O) groups is 2. The molecule has 0 saturated carbocycles. The van der Waals surface area contributed by atoms with Crippen molar-refractivity contribution in [2.75, 3.05) is 17.3 Å². The number of allylic oxidation sites excluding steroid dienone is 1. The number of rotatable bonds is 5. The lowest BCUT2D eigenvalue weighted by molar-refractivity contribution is -0.119. The van der Waals surface area contributed by atoms with Crippen molar-refractivity contribution in [3.63, 3.8) is 0 Å². The Hall–Kier alpha value is -3.86. The van der Waals surface area contributed by atoms with E-state index in [2.05, 4.69) is 36.5 Å². The van der Waals surface area contributed by atoms with Crippen LogP contribution in [0.4, 0.5) is 11.4 Å². The lowest BCUT2D eigenvalue weighted by Gasteiger charge is -2.35. The number of Topliss-reactive ketones (excluding diaryl/α,β-unsaturated/α-hetero) is 1. The largest absolute Gasteiger partial charge is 0.497 e. The first-order valence-electron chi connectivity index (χ1n) is 13.0. The number of hydrogen-bond donors (Lipinski definition) is 1. The third-order valence-electron chi connectivity index (χ3n) is 7.30. The first-order chi connectivity index (χ1) is 17.9. The maximum atomic E-state index is 14.0. The Bertz CT molecular complexity index is 1360. The maximum absolute atomic E-state index is 14.0. The van der Waals surface area contributed by atoms with Crippen molar-refractivity contribution in [2.45, 2.75) is 52.0 Å². The Kier molecular flexibility index (Phi) is 6.88. The SMILES string of the molecule is COc1cccc([C@@H]2C3=C(C[C@@H](c4ccc(C)cc4)CC3=O)Nc3ccccc3N2C(=O)CC(C)C)c1. The molecular formula is C32H34N2O3. The lowest BCUT2D eigenvalue weighted by Crippen LogP contribution is -2.39. The molecule has 1 aliphatic heterocycles. The van der Waals surface area contributed by atoms with Gasteiger partial charge in [-0.1, -0.05) is 67.9 Å². The third kappa shape index (κ3) is 4.91. The van der Waals surface area contributed by atoms with Crippen molar-refractivity contribution in [3.05, 3.63) is 101 Å². The number of nitrogens with zero attached hydrogens (tertiary/aromatic N) is 1. The van der Waals surface area contributed by atoms with Crippen LogP contribution in [0.5, 0.6) is 5.75 Å². The first-order valence-corrected chi connectivity index (χ1v) is 13.0. The van der Waals surface area contributed by atoms with Gasteiger partial charge < -0.3 is 10.1 Å². The number of para-hydroxylation sites is 2. The summed E-state index contributed by atoms with van der Waals surface area (Å²) in [5, 5.41) is 3.60. The molecule has 0 aromatic heterocycles. The highest BCUT2D eigenvalue weighted by atomic mass is 16.5. The second-order valence-electron chi connectivity index (χ2n) is 10.5. The molecule has 0 spiro atoms. The maximum Gasteiger partial charge on any atom is 0.228 e. The van der Waals surface area contributed by atoms with Crippen LogP contribution in [-0.4, -0.2) is 18.8 Å². The van der Waals surface area contributed by atoms with Crippen LogP contribution in [0.15, 0.2) is 84.1 Å². The fourth-order valence-electron chi connectivity index (χ4n) is 5.51. The van der Waals surface area contributed by atoms with Gasteiger partial charge in [-0.25, -0.2) is 0 Å². The Morgan fingerprint density at radius 3 is 2.49 bits per heavy atom. The van der Waals surface area contributed by atoms with Crippen LogP contribution in [-0.2, 0) is 9.59 Å². The van der Waals surface area contributed by atoms with Crippen LogP contribution >= 0.6 is 0 Å². The Morgan fingerprint density at radius 2 is 1.76 bits per heavy atom. The van der Waals surface area contributed by atoms with Gasteiger partial charge in [-0.05, 0) is 60.6 Å². The van der Waals surface area contributed by atoms with E-state index >= 15 is 0 Å². The molecule has 1 amide bonds. The predicted molar refractivity (Wildman–Crippen MR) is 148 cm³/mol. The van der Waals surface area contributed by atoms with Crippen molar-refractivity contribution in [2.24, 2.45) is 5.92 Å². The van der Waals surface area contributed by atoms with Gasteiger partial charge >= 0.3 is 0 Å². The first kappa shape index (κ1) is 24.8. The normalized spacial score (nSPS) is 19.2. The molecule has 0 saturated heterocycles. The van der Waals surface area contributed by atoms with Gasteiger partial charge in [-0.3, -0.25) is 14.5 Å². The fourth-order valence-corrected chi connectivity index (χ4v) is 5.51. The van der Waals surface area contributed by atoms with E-state index in [4.69, 9.17) is 4.74 Å². The van der Waals surface area contributed by atoms with E-state index in [1.54, 1.807) is 7.11 Å². The smallest absolute Gasteiger partial charge is 0.228 e. The quantitative estimate of drug-likeness (QED) is 0.417. The molecule has 1 heterocycles. The number of anilines is 2. The van der Waals surface area contributed by atoms with E-state index in [1.165, 1.54) is 5.56 Å². The molecule has 5 nitrogen and oxygen atoms in total. The van der Waals surface area contributed by atoms with Crippen LogP contribution in [0.2, 0.25) is 0 Å². The Morgan fingerprint density at radius 1 is 1.00 bits per heavy atom. The molecule has 190 valence electrons. The number of nitrogens with one attached hydrogen (secondary N) is 1. The predicted octanol–water partition coefficient (Wildman–Crippen LogP) is 6.95. The number of amides is 1. The minimum Gasteiger partial charge on any atom is -0.497 e. The number of methoxy groups -OCH3 is 1. The zero-order chi connectivity index (χ0) is 26.1. The van der Waals surface area contributed by atoms with Gasteiger partial charge in [0.05, 0.1) is 24.5 Å². The van der Waals surface area contributed by atoms with E-state index in [0.717, 1.165) is 28.2 Å². The monoisotopic (exact) mass is 494 g/mol. The zero-order valence-electron chi connectivity index (χ0n) is 22.0. The summed E-state index contributed by atoms with van der Waals surface area (Å²) in [6.45, 7) is 6.16.